The summed E-state index contributed by atoms with van der Waals surface area (Å²) < 4.78 is 52.5. The zero-order chi connectivity index (χ0) is 19.1. The van der Waals surface area contributed by atoms with Gasteiger partial charge in [-0.05, 0) is 42.8 Å². The number of aryl methyl sites for hydroxylation is 1. The molecule has 0 bridgehead atoms. The Morgan fingerprint density at radius 3 is 2.23 bits per heavy atom. The highest BCUT2D eigenvalue weighted by Crippen LogP contribution is 2.29. The molecule has 1 amide bonds. The van der Waals surface area contributed by atoms with Crippen LogP contribution in [0.15, 0.2) is 53.4 Å². The molecule has 1 heterocycles. The van der Waals surface area contributed by atoms with Crippen molar-refractivity contribution in [2.24, 2.45) is 5.92 Å². The molecule has 7 nitrogen and oxygen atoms in total. The first-order valence-corrected chi connectivity index (χ1v) is 11.0. The van der Waals surface area contributed by atoms with E-state index in [2.05, 4.69) is 4.72 Å². The Hall–Kier alpha value is -2.39. The molecule has 138 valence electrons. The van der Waals surface area contributed by atoms with Gasteiger partial charge < -0.3 is 0 Å². The molecule has 1 aliphatic heterocycles. The van der Waals surface area contributed by atoms with Crippen LogP contribution in [0.1, 0.15) is 12.5 Å². The lowest BCUT2D eigenvalue weighted by Gasteiger charge is -2.16. The molecule has 2 aromatic carbocycles. The molecule has 2 aromatic rings. The second-order valence-corrected chi connectivity index (χ2v) is 9.74. The Kier molecular flexibility index (Phi) is 4.53. The van der Waals surface area contributed by atoms with Crippen LogP contribution in [0, 0.1) is 12.8 Å². The zero-order valence-electron chi connectivity index (χ0n) is 14.2. The maximum atomic E-state index is 12.5. The number of anilines is 2. The zero-order valence-corrected chi connectivity index (χ0v) is 15.8. The highest BCUT2D eigenvalue weighted by molar-refractivity contribution is 7.94. The van der Waals surface area contributed by atoms with E-state index in [0.29, 0.717) is 5.69 Å². The maximum Gasteiger partial charge on any atom is 0.261 e. The molecule has 1 atom stereocenters. The summed E-state index contributed by atoms with van der Waals surface area (Å²) in [7, 11) is -7.55. The van der Waals surface area contributed by atoms with Crippen molar-refractivity contribution in [1.29, 1.82) is 0 Å². The van der Waals surface area contributed by atoms with E-state index >= 15 is 0 Å². The van der Waals surface area contributed by atoms with Crippen molar-refractivity contribution in [2.45, 2.75) is 18.7 Å². The van der Waals surface area contributed by atoms with Crippen LogP contribution in [0.4, 0.5) is 11.4 Å². The number of nitrogens with zero attached hydrogens (tertiary/aromatic N) is 1. The lowest BCUT2D eigenvalue weighted by molar-refractivity contribution is -0.119. The number of sulfonamides is 2. The number of carbonyl (C=O) groups excluding carboxylic acids is 1. The summed E-state index contributed by atoms with van der Waals surface area (Å²) in [6.45, 7) is 3.33. The quantitative estimate of drug-likeness (QED) is 0.856. The van der Waals surface area contributed by atoms with Crippen LogP contribution in [0.3, 0.4) is 0 Å². The number of benzene rings is 2. The maximum absolute atomic E-state index is 12.5. The summed E-state index contributed by atoms with van der Waals surface area (Å²) in [5, 5.41) is 0. The van der Waals surface area contributed by atoms with Gasteiger partial charge in [-0.25, -0.2) is 21.1 Å². The van der Waals surface area contributed by atoms with Crippen LogP contribution in [-0.4, -0.2) is 28.5 Å². The average Bonchev–Trinajstić information content (AvgIpc) is 2.77. The van der Waals surface area contributed by atoms with E-state index in [-0.39, 0.29) is 16.3 Å². The Bertz CT molecular complexity index is 1060. The monoisotopic (exact) mass is 394 g/mol. The fraction of sp³-hybridized carbons (Fsp3) is 0.235. The van der Waals surface area contributed by atoms with E-state index in [0.717, 1.165) is 9.87 Å². The summed E-state index contributed by atoms with van der Waals surface area (Å²) in [5.41, 5.74) is 1.37. The predicted molar refractivity (Wildman–Crippen MR) is 98.9 cm³/mol. The van der Waals surface area contributed by atoms with Gasteiger partial charge in [-0.15, -0.1) is 0 Å². The average molecular weight is 394 g/mol. The third-order valence-corrected chi connectivity index (χ3v) is 7.38. The van der Waals surface area contributed by atoms with Crippen molar-refractivity contribution in [2.75, 3.05) is 14.8 Å². The van der Waals surface area contributed by atoms with Crippen molar-refractivity contribution >= 4 is 37.3 Å². The van der Waals surface area contributed by atoms with Gasteiger partial charge >= 0.3 is 0 Å². The third-order valence-electron chi connectivity index (χ3n) is 4.13. The molecule has 1 N–H and O–H groups in total. The predicted octanol–water partition coefficient (Wildman–Crippen LogP) is 2.11. The molecule has 3 rings (SSSR count). The van der Waals surface area contributed by atoms with Crippen molar-refractivity contribution < 1.29 is 21.6 Å². The van der Waals surface area contributed by atoms with Crippen molar-refractivity contribution in [3.8, 4) is 0 Å². The van der Waals surface area contributed by atoms with Gasteiger partial charge in [0.05, 0.1) is 27.9 Å². The molecule has 1 fully saturated rings. The topological polar surface area (TPSA) is 101 Å². The molecular weight excluding hydrogens is 376 g/mol. The van der Waals surface area contributed by atoms with E-state index in [1.807, 2.05) is 0 Å². The Morgan fingerprint density at radius 1 is 1.08 bits per heavy atom. The number of carbonyl (C=O) groups is 1. The number of para-hydroxylation sites is 1. The number of amides is 1. The van der Waals surface area contributed by atoms with E-state index in [4.69, 9.17) is 0 Å². The number of hydrogen-bond donors (Lipinski definition) is 1. The first kappa shape index (κ1) is 18.4. The Labute approximate surface area is 152 Å². The summed E-state index contributed by atoms with van der Waals surface area (Å²) in [5.74, 6) is -1.38. The summed E-state index contributed by atoms with van der Waals surface area (Å²) in [4.78, 5) is 12.1. The van der Waals surface area contributed by atoms with Gasteiger partial charge in [-0.2, -0.15) is 0 Å². The molecule has 1 aliphatic rings. The van der Waals surface area contributed by atoms with E-state index < -0.39 is 31.9 Å². The molecule has 1 saturated heterocycles. The number of rotatable bonds is 4. The van der Waals surface area contributed by atoms with E-state index in [1.54, 1.807) is 38.1 Å². The molecule has 0 aliphatic carbocycles. The molecule has 0 spiro atoms. The fourth-order valence-corrected chi connectivity index (χ4v) is 5.69. The Balaban J connectivity index is 1.90. The third kappa shape index (κ3) is 3.32. The lowest BCUT2D eigenvalue weighted by Crippen LogP contribution is -2.30. The van der Waals surface area contributed by atoms with Crippen molar-refractivity contribution in [1.82, 2.24) is 0 Å². The smallest absolute Gasteiger partial charge is 0.261 e. The minimum Gasteiger partial charge on any atom is -0.279 e. The van der Waals surface area contributed by atoms with Gasteiger partial charge in [-0.1, -0.05) is 25.1 Å². The fourth-order valence-electron chi connectivity index (χ4n) is 2.74. The molecule has 0 saturated carbocycles. The first-order valence-electron chi connectivity index (χ1n) is 7.87. The van der Waals surface area contributed by atoms with E-state index in [1.165, 1.54) is 24.3 Å². The molecule has 0 unspecified atom stereocenters. The van der Waals surface area contributed by atoms with Crippen LogP contribution in [0.5, 0.6) is 0 Å². The SMILES string of the molecule is Cc1ccccc1NS(=O)(=O)c1ccc(N2C(=O)[C@H](C)CS2(=O)=O)cc1. The van der Waals surface area contributed by atoms with Crippen molar-refractivity contribution in [3.63, 3.8) is 0 Å². The van der Waals surface area contributed by atoms with Crippen LogP contribution in [0.2, 0.25) is 0 Å². The number of nitrogens with one attached hydrogen (secondary N) is 1. The normalized spacial score (nSPS) is 19.5. The molecular formula is C17H18N2O5S2. The minimum atomic E-state index is -3.83. The van der Waals surface area contributed by atoms with Crippen LogP contribution < -0.4 is 9.03 Å². The van der Waals surface area contributed by atoms with Gasteiger partial charge in [0.15, 0.2) is 0 Å². The van der Waals surface area contributed by atoms with Gasteiger partial charge in [0.25, 0.3) is 10.0 Å². The highest BCUT2D eigenvalue weighted by Gasteiger charge is 2.41. The standard InChI is InChI=1S/C17H18N2O5S2/c1-12-5-3-4-6-16(12)18-26(23,24)15-9-7-14(8-10-15)19-17(20)13(2)11-25(19,21)22/h3-10,13,18H,11H2,1-2H3/t13-/m1/s1. The largest absolute Gasteiger partial charge is 0.279 e. The summed E-state index contributed by atoms with van der Waals surface area (Å²) >= 11 is 0. The molecule has 26 heavy (non-hydrogen) atoms. The summed E-state index contributed by atoms with van der Waals surface area (Å²) in [6, 6.07) is 12.2. The van der Waals surface area contributed by atoms with Gasteiger partial charge in [0.1, 0.15) is 0 Å². The lowest BCUT2D eigenvalue weighted by atomic mass is 10.2. The highest BCUT2D eigenvalue weighted by atomic mass is 32.2. The van der Waals surface area contributed by atoms with Gasteiger partial charge in [0, 0.05) is 0 Å². The van der Waals surface area contributed by atoms with Crippen LogP contribution in [-0.2, 0) is 24.8 Å². The second kappa shape index (κ2) is 6.40. The van der Waals surface area contributed by atoms with Crippen molar-refractivity contribution in [3.05, 3.63) is 54.1 Å². The number of hydrogen-bond acceptors (Lipinski definition) is 5. The second-order valence-electron chi connectivity index (χ2n) is 6.20. The Morgan fingerprint density at radius 2 is 1.69 bits per heavy atom. The molecule has 0 radical (unpaired) electrons. The van der Waals surface area contributed by atoms with Crippen LogP contribution >= 0.6 is 0 Å². The first-order chi connectivity index (χ1) is 12.1. The van der Waals surface area contributed by atoms with Gasteiger partial charge in [0.2, 0.25) is 15.9 Å². The molecule has 9 heteroatoms. The summed E-state index contributed by atoms with van der Waals surface area (Å²) in [6.07, 6.45) is 0. The molecule has 0 aromatic heterocycles. The minimum absolute atomic E-state index is 0.0263. The van der Waals surface area contributed by atoms with Crippen LogP contribution in [0.25, 0.3) is 0 Å². The van der Waals surface area contributed by atoms with E-state index in [9.17, 15) is 21.6 Å². The van der Waals surface area contributed by atoms with Gasteiger partial charge in [-0.3, -0.25) is 9.52 Å².